The maximum absolute atomic E-state index is 11.8. The minimum absolute atomic E-state index is 0.0268. The molecule has 0 heterocycles. The van der Waals surface area contributed by atoms with Crippen molar-refractivity contribution < 1.29 is 24.4 Å². The van der Waals surface area contributed by atoms with E-state index in [1.54, 1.807) is 0 Å². The summed E-state index contributed by atoms with van der Waals surface area (Å²) in [5, 5.41) is 19.7. The van der Waals surface area contributed by atoms with Crippen molar-refractivity contribution in [2.45, 2.75) is 32.6 Å². The molecule has 2 amide bonds. The fraction of sp³-hybridized carbons (Fsp3) is 0.400. The van der Waals surface area contributed by atoms with E-state index < -0.39 is 28.6 Å². The predicted octanol–water partition coefficient (Wildman–Crippen LogP) is 1.64. The third-order valence-electron chi connectivity index (χ3n) is 3.34. The zero-order valence-electron chi connectivity index (χ0n) is 13.2. The molecule has 0 fully saturated rings. The van der Waals surface area contributed by atoms with Crippen molar-refractivity contribution >= 4 is 23.5 Å². The average molecular weight is 337 g/mol. The van der Waals surface area contributed by atoms with Gasteiger partial charge in [0.15, 0.2) is 0 Å². The van der Waals surface area contributed by atoms with E-state index >= 15 is 0 Å². The fourth-order valence-electron chi connectivity index (χ4n) is 2.07. The standard InChI is InChI=1S/C15H19N3O6/c1-2-4-10(15(21)22)7-8-13(19)16-17-14(20)11-5-3-6-12(9-11)18(23)24/h3,5-6,9-10H,2,4,7-8H2,1H3,(H,16,19)(H,17,20)(H,21,22)/t10-/m1/s1. The summed E-state index contributed by atoms with van der Waals surface area (Å²) in [6, 6.07) is 5.06. The SMILES string of the molecule is CCC[C@H](CCC(=O)NNC(=O)c1cccc([N+](=O)[O-])c1)C(=O)O. The molecule has 130 valence electrons. The number of nitrogens with zero attached hydrogens (tertiary/aromatic N) is 1. The molecule has 24 heavy (non-hydrogen) atoms. The molecule has 0 unspecified atom stereocenters. The quantitative estimate of drug-likeness (QED) is 0.487. The second-order valence-electron chi connectivity index (χ2n) is 5.17. The number of hydrogen-bond donors (Lipinski definition) is 3. The molecule has 0 saturated carbocycles. The normalized spacial score (nSPS) is 11.4. The number of nitro groups is 1. The molecule has 9 nitrogen and oxygen atoms in total. The van der Waals surface area contributed by atoms with Gasteiger partial charge in [-0.05, 0) is 18.9 Å². The van der Waals surface area contributed by atoms with Crippen molar-refractivity contribution in [3.63, 3.8) is 0 Å². The van der Waals surface area contributed by atoms with Gasteiger partial charge in [0.1, 0.15) is 0 Å². The first-order valence-corrected chi connectivity index (χ1v) is 7.41. The summed E-state index contributed by atoms with van der Waals surface area (Å²) in [4.78, 5) is 44.5. The maximum Gasteiger partial charge on any atom is 0.306 e. The molecule has 1 aromatic carbocycles. The Bertz CT molecular complexity index is 631. The summed E-state index contributed by atoms with van der Waals surface area (Å²) < 4.78 is 0. The van der Waals surface area contributed by atoms with Crippen LogP contribution in [0.5, 0.6) is 0 Å². The highest BCUT2D eigenvalue weighted by atomic mass is 16.6. The Labute approximate surface area is 138 Å². The first-order chi connectivity index (χ1) is 11.3. The highest BCUT2D eigenvalue weighted by Crippen LogP contribution is 2.14. The van der Waals surface area contributed by atoms with Crippen molar-refractivity contribution in [2.24, 2.45) is 5.92 Å². The van der Waals surface area contributed by atoms with Gasteiger partial charge in [0.2, 0.25) is 5.91 Å². The van der Waals surface area contributed by atoms with Crippen LogP contribution in [0.4, 0.5) is 5.69 Å². The first kappa shape index (κ1) is 19.1. The van der Waals surface area contributed by atoms with Gasteiger partial charge in [-0.3, -0.25) is 35.3 Å². The van der Waals surface area contributed by atoms with Gasteiger partial charge in [-0.2, -0.15) is 0 Å². The van der Waals surface area contributed by atoms with E-state index in [1.165, 1.54) is 18.2 Å². The van der Waals surface area contributed by atoms with Gasteiger partial charge < -0.3 is 5.11 Å². The zero-order valence-corrected chi connectivity index (χ0v) is 13.2. The Morgan fingerprint density at radius 2 is 1.96 bits per heavy atom. The number of non-ortho nitro benzene ring substituents is 1. The highest BCUT2D eigenvalue weighted by molar-refractivity contribution is 5.95. The summed E-state index contributed by atoms with van der Waals surface area (Å²) in [6.07, 6.45) is 1.29. The van der Waals surface area contributed by atoms with Crippen LogP contribution in [0.15, 0.2) is 24.3 Å². The number of carbonyl (C=O) groups excluding carboxylic acids is 2. The lowest BCUT2D eigenvalue weighted by Gasteiger charge is -2.11. The monoisotopic (exact) mass is 337 g/mol. The van der Waals surface area contributed by atoms with Gasteiger partial charge in [0.05, 0.1) is 10.8 Å². The number of carbonyl (C=O) groups is 3. The van der Waals surface area contributed by atoms with Crippen LogP contribution in [0.1, 0.15) is 43.0 Å². The Morgan fingerprint density at radius 1 is 1.25 bits per heavy atom. The van der Waals surface area contributed by atoms with Crippen LogP contribution in [-0.4, -0.2) is 27.8 Å². The second kappa shape index (κ2) is 9.23. The van der Waals surface area contributed by atoms with E-state index in [0.29, 0.717) is 12.8 Å². The van der Waals surface area contributed by atoms with Crippen LogP contribution >= 0.6 is 0 Å². The number of nitrogens with one attached hydrogen (secondary N) is 2. The van der Waals surface area contributed by atoms with Crippen molar-refractivity contribution in [3.05, 3.63) is 39.9 Å². The molecule has 0 saturated heterocycles. The zero-order chi connectivity index (χ0) is 18.1. The number of carboxylic acids is 1. The molecule has 0 aliphatic rings. The second-order valence-corrected chi connectivity index (χ2v) is 5.17. The summed E-state index contributed by atoms with van der Waals surface area (Å²) in [6.45, 7) is 1.86. The number of hydrazine groups is 1. The molecule has 0 spiro atoms. The Morgan fingerprint density at radius 3 is 2.54 bits per heavy atom. The van der Waals surface area contributed by atoms with E-state index in [0.717, 1.165) is 6.07 Å². The third-order valence-corrected chi connectivity index (χ3v) is 3.34. The molecule has 0 radical (unpaired) electrons. The molecule has 0 bridgehead atoms. The van der Waals surface area contributed by atoms with Crippen LogP contribution in [0.3, 0.4) is 0 Å². The van der Waals surface area contributed by atoms with Crippen LogP contribution in [0.25, 0.3) is 0 Å². The van der Waals surface area contributed by atoms with Crippen LogP contribution < -0.4 is 10.9 Å². The predicted molar refractivity (Wildman–Crippen MR) is 84.0 cm³/mol. The third kappa shape index (κ3) is 6.03. The van der Waals surface area contributed by atoms with Crippen molar-refractivity contribution in [2.75, 3.05) is 0 Å². The van der Waals surface area contributed by atoms with E-state index in [9.17, 15) is 24.5 Å². The van der Waals surface area contributed by atoms with Gasteiger partial charge in [-0.1, -0.05) is 19.4 Å². The Balaban J connectivity index is 2.49. The molecular weight excluding hydrogens is 318 g/mol. The Hall–Kier alpha value is -2.97. The van der Waals surface area contributed by atoms with Crippen molar-refractivity contribution in [3.8, 4) is 0 Å². The number of amides is 2. The van der Waals surface area contributed by atoms with E-state index in [-0.39, 0.29) is 24.1 Å². The molecule has 1 rings (SSSR count). The topological polar surface area (TPSA) is 139 Å². The molecule has 9 heteroatoms. The number of hydrogen-bond acceptors (Lipinski definition) is 5. The van der Waals surface area contributed by atoms with Crippen molar-refractivity contribution in [1.29, 1.82) is 0 Å². The molecule has 0 aliphatic carbocycles. The Kier molecular flexibility index (Phi) is 7.34. The molecule has 3 N–H and O–H groups in total. The largest absolute Gasteiger partial charge is 0.481 e. The summed E-state index contributed by atoms with van der Waals surface area (Å²) >= 11 is 0. The van der Waals surface area contributed by atoms with Crippen LogP contribution in [-0.2, 0) is 9.59 Å². The van der Waals surface area contributed by atoms with Crippen molar-refractivity contribution in [1.82, 2.24) is 10.9 Å². The number of aliphatic carboxylic acids is 1. The van der Waals surface area contributed by atoms with Gasteiger partial charge in [-0.25, -0.2) is 0 Å². The summed E-state index contributed by atoms with van der Waals surface area (Å²) in [5.74, 6) is -2.79. The highest BCUT2D eigenvalue weighted by Gasteiger charge is 2.18. The maximum atomic E-state index is 11.8. The lowest BCUT2D eigenvalue weighted by Crippen LogP contribution is -2.41. The van der Waals surface area contributed by atoms with Gasteiger partial charge in [0, 0.05) is 24.1 Å². The van der Waals surface area contributed by atoms with Gasteiger partial charge in [0.25, 0.3) is 11.6 Å². The number of benzene rings is 1. The number of rotatable bonds is 8. The molecule has 0 aliphatic heterocycles. The number of carboxylic acid groups (broad SMARTS) is 1. The summed E-state index contributed by atoms with van der Waals surface area (Å²) in [7, 11) is 0. The van der Waals surface area contributed by atoms with E-state index in [2.05, 4.69) is 10.9 Å². The lowest BCUT2D eigenvalue weighted by molar-refractivity contribution is -0.384. The van der Waals surface area contributed by atoms with Gasteiger partial charge in [-0.15, -0.1) is 0 Å². The molecule has 1 atom stereocenters. The first-order valence-electron chi connectivity index (χ1n) is 7.41. The van der Waals surface area contributed by atoms with E-state index in [4.69, 9.17) is 5.11 Å². The molecular formula is C15H19N3O6. The minimum atomic E-state index is -0.953. The van der Waals surface area contributed by atoms with Crippen LogP contribution in [0, 0.1) is 16.0 Å². The van der Waals surface area contributed by atoms with Crippen LogP contribution in [0.2, 0.25) is 0 Å². The smallest absolute Gasteiger partial charge is 0.306 e. The van der Waals surface area contributed by atoms with Gasteiger partial charge >= 0.3 is 5.97 Å². The minimum Gasteiger partial charge on any atom is -0.481 e. The van der Waals surface area contributed by atoms with E-state index in [1.807, 2.05) is 6.92 Å². The average Bonchev–Trinajstić information content (AvgIpc) is 2.56. The lowest BCUT2D eigenvalue weighted by atomic mass is 9.98. The molecule has 1 aromatic rings. The molecule has 0 aromatic heterocycles. The number of nitro benzene ring substituents is 1. The fourth-order valence-corrected chi connectivity index (χ4v) is 2.07. The summed E-state index contributed by atoms with van der Waals surface area (Å²) in [5.41, 5.74) is 4.09.